The number of carboxylic acids is 1. The van der Waals surface area contributed by atoms with Crippen LogP contribution in [0.3, 0.4) is 0 Å². The number of oxime groups is 1. The molecule has 0 radical (unpaired) electrons. The van der Waals surface area contributed by atoms with Crippen LogP contribution in [0.25, 0.3) is 11.2 Å². The van der Waals surface area contributed by atoms with E-state index in [-0.39, 0.29) is 35.5 Å². The summed E-state index contributed by atoms with van der Waals surface area (Å²) in [6.07, 6.45) is 3.16. The van der Waals surface area contributed by atoms with E-state index in [1.165, 1.54) is 18.1 Å². The third-order valence-electron chi connectivity index (χ3n) is 5.95. The summed E-state index contributed by atoms with van der Waals surface area (Å²) in [5, 5.41) is 15.2. The van der Waals surface area contributed by atoms with Crippen LogP contribution in [0.1, 0.15) is 5.82 Å². The van der Waals surface area contributed by atoms with Crippen LogP contribution in [0.15, 0.2) is 41.1 Å². The van der Waals surface area contributed by atoms with Crippen molar-refractivity contribution < 1.29 is 38.1 Å². The van der Waals surface area contributed by atoms with E-state index in [2.05, 4.69) is 29.7 Å². The van der Waals surface area contributed by atoms with Gasteiger partial charge in [-0.25, -0.2) is 13.8 Å². The number of carbonyl (C=O) groups is 4. The Labute approximate surface area is 231 Å². The smallest absolute Gasteiger partial charge is 0.352 e. The van der Waals surface area contributed by atoms with Crippen molar-refractivity contribution >= 4 is 69.0 Å². The number of hydrogen-bond acceptors (Lipinski definition) is 12. The Morgan fingerprint density at radius 3 is 2.85 bits per heavy atom. The fraction of sp³-hybridized carbons (Fsp3) is 0.286. The molecule has 0 bridgehead atoms. The van der Waals surface area contributed by atoms with Gasteiger partial charge in [-0.3, -0.25) is 23.9 Å². The monoisotopic (exact) mass is 591 g/mol. The number of amides is 3. The number of nitrogens with two attached hydrogens (primary N) is 2. The highest BCUT2D eigenvalue weighted by Gasteiger charge is 2.54. The number of rotatable bonds is 10. The summed E-state index contributed by atoms with van der Waals surface area (Å²) >= 11 is 2.03. The number of primary amides is 1. The average Bonchev–Trinajstić information content (AvgIpc) is 3.53. The Balaban J connectivity index is 1.38. The van der Waals surface area contributed by atoms with Gasteiger partial charge in [0.15, 0.2) is 5.13 Å². The van der Waals surface area contributed by atoms with Crippen LogP contribution in [0.4, 0.5) is 9.52 Å². The van der Waals surface area contributed by atoms with Crippen LogP contribution >= 0.6 is 23.3 Å². The molecular formula is C21H20FN10O6S2+. The number of anilines is 1. The molecule has 16 nitrogen and oxygen atoms in total. The number of carboxylic acid groups (broad SMARTS) is 1. The lowest BCUT2D eigenvalue weighted by Gasteiger charge is -2.49. The first-order valence-electron chi connectivity index (χ1n) is 11.4. The van der Waals surface area contributed by atoms with Gasteiger partial charge in [-0.1, -0.05) is 5.16 Å². The molecule has 2 aliphatic heterocycles. The lowest BCUT2D eigenvalue weighted by atomic mass is 10.0. The molecule has 3 aromatic rings. The predicted octanol–water partition coefficient (Wildman–Crippen LogP) is -1.67. The number of nitrogen functional groups attached to an aromatic ring is 1. The Kier molecular flexibility index (Phi) is 7.30. The molecule has 3 amide bonds. The maximum Gasteiger partial charge on any atom is 0.352 e. The van der Waals surface area contributed by atoms with Gasteiger partial charge in [0, 0.05) is 22.9 Å². The van der Waals surface area contributed by atoms with E-state index in [1.807, 2.05) is 0 Å². The first-order chi connectivity index (χ1) is 19.2. The molecule has 2 unspecified atom stereocenters. The number of alkyl halides is 1. The quantitative estimate of drug-likeness (QED) is 0.0902. The van der Waals surface area contributed by atoms with Crippen molar-refractivity contribution in [3.8, 4) is 0 Å². The van der Waals surface area contributed by atoms with Gasteiger partial charge in [0.1, 0.15) is 35.7 Å². The maximum atomic E-state index is 13.1. The maximum absolute atomic E-state index is 13.1. The van der Waals surface area contributed by atoms with Crippen LogP contribution in [0.5, 0.6) is 0 Å². The lowest BCUT2D eigenvalue weighted by molar-refractivity contribution is -0.664. The van der Waals surface area contributed by atoms with Crippen LogP contribution in [0, 0.1) is 0 Å². The number of imidazole rings is 1. The van der Waals surface area contributed by atoms with Crippen molar-refractivity contribution in [3.05, 3.63) is 41.8 Å². The highest BCUT2D eigenvalue weighted by atomic mass is 32.2. The van der Waals surface area contributed by atoms with Crippen molar-refractivity contribution in [2.45, 2.75) is 24.5 Å². The molecule has 2 aliphatic rings. The molecule has 2 atom stereocenters. The Bertz CT molecular complexity index is 1600. The summed E-state index contributed by atoms with van der Waals surface area (Å²) in [6.45, 7) is -1.30. The molecule has 0 spiro atoms. The lowest BCUT2D eigenvalue weighted by Crippen LogP contribution is -2.71. The molecule has 5 rings (SSSR count). The minimum atomic E-state index is -1.32. The fourth-order valence-corrected chi connectivity index (χ4v) is 6.10. The zero-order chi connectivity index (χ0) is 28.6. The van der Waals surface area contributed by atoms with E-state index < -0.39 is 47.7 Å². The van der Waals surface area contributed by atoms with Crippen LogP contribution in [-0.4, -0.2) is 82.3 Å². The average molecular weight is 592 g/mol. The largest absolute Gasteiger partial charge is 0.477 e. The van der Waals surface area contributed by atoms with Crippen LogP contribution < -0.4 is 21.4 Å². The third-order valence-corrected chi connectivity index (χ3v) is 7.83. The van der Waals surface area contributed by atoms with Gasteiger partial charge in [0.05, 0.1) is 6.20 Å². The van der Waals surface area contributed by atoms with Crippen molar-refractivity contribution in [3.63, 3.8) is 0 Å². The van der Waals surface area contributed by atoms with Gasteiger partial charge in [-0.15, -0.1) is 11.8 Å². The summed E-state index contributed by atoms with van der Waals surface area (Å²) in [7, 11) is 0. The molecule has 1 saturated heterocycles. The van der Waals surface area contributed by atoms with E-state index >= 15 is 0 Å². The van der Waals surface area contributed by atoms with Gasteiger partial charge in [-0.2, -0.15) is 9.36 Å². The second kappa shape index (κ2) is 10.8. The zero-order valence-corrected chi connectivity index (χ0v) is 21.9. The predicted molar refractivity (Wildman–Crippen MR) is 137 cm³/mol. The minimum Gasteiger partial charge on any atom is -0.477 e. The van der Waals surface area contributed by atoms with E-state index in [0.717, 1.165) is 16.4 Å². The van der Waals surface area contributed by atoms with Crippen molar-refractivity contribution in [2.75, 3.05) is 18.3 Å². The molecule has 5 heterocycles. The van der Waals surface area contributed by atoms with Gasteiger partial charge >= 0.3 is 11.6 Å². The first kappa shape index (κ1) is 26.9. The Morgan fingerprint density at radius 1 is 1.38 bits per heavy atom. The zero-order valence-electron chi connectivity index (χ0n) is 20.3. The number of pyridine rings is 1. The molecule has 208 valence electrons. The van der Waals surface area contributed by atoms with Gasteiger partial charge in [0.2, 0.25) is 23.8 Å². The Hall–Kier alpha value is -4.65. The minimum absolute atomic E-state index is 0.0291. The SMILES string of the molecule is NC(=O)Cn1cnc2c1ccc[n+]2CC1=C(C(=O)O)N2C(=O)C(NC(=O)C(=NOCF)c3nsc(N)n3)C2SC1. The summed E-state index contributed by atoms with van der Waals surface area (Å²) in [5.74, 6) is -3.43. The summed E-state index contributed by atoms with van der Waals surface area (Å²) < 4.78 is 19.7. The number of β-lactam (4-membered cyclic amide) rings is 1. The number of fused-ring (bicyclic) bond motifs is 2. The van der Waals surface area contributed by atoms with Crippen LogP contribution in [-0.2, 0) is 37.1 Å². The van der Waals surface area contributed by atoms with E-state index in [0.29, 0.717) is 16.7 Å². The molecule has 0 saturated carbocycles. The number of halogens is 1. The van der Waals surface area contributed by atoms with E-state index in [1.54, 1.807) is 27.5 Å². The molecule has 0 aliphatic carbocycles. The second-order valence-electron chi connectivity index (χ2n) is 8.44. The molecule has 1 fully saturated rings. The van der Waals surface area contributed by atoms with Gasteiger partial charge < -0.3 is 26.7 Å². The van der Waals surface area contributed by atoms with E-state index in [4.69, 9.17) is 11.5 Å². The molecule has 6 N–H and O–H groups in total. The van der Waals surface area contributed by atoms with Crippen molar-refractivity contribution in [1.82, 2.24) is 29.1 Å². The highest BCUT2D eigenvalue weighted by Crippen LogP contribution is 2.40. The number of aliphatic carboxylic acids is 1. The first-order valence-corrected chi connectivity index (χ1v) is 13.2. The number of thioether (sulfide) groups is 1. The van der Waals surface area contributed by atoms with E-state index in [9.17, 15) is 28.7 Å². The molecule has 0 aromatic carbocycles. The molecule has 19 heteroatoms. The van der Waals surface area contributed by atoms with Crippen molar-refractivity contribution in [1.29, 1.82) is 0 Å². The normalized spacial score (nSPS) is 18.9. The number of hydrogen-bond donors (Lipinski definition) is 4. The number of carbonyl (C=O) groups excluding carboxylic acids is 3. The fourth-order valence-electron chi connectivity index (χ4n) is 4.33. The molecule has 40 heavy (non-hydrogen) atoms. The highest BCUT2D eigenvalue weighted by molar-refractivity contribution is 8.00. The van der Waals surface area contributed by atoms with Gasteiger partial charge in [0.25, 0.3) is 18.7 Å². The number of nitrogens with zero attached hydrogens (tertiary/aromatic N) is 7. The standard InChI is InChI=1S/C21H19FN10O6S2/c22-7-38-28-12(15-27-21(24)40-29-15)17(34)26-13-18(35)32-14(20(36)37)9(6-39-19(13)32)4-30-3-1-2-10-16(30)25-8-31(10)5-11(23)33/h1-3,8,13,19H,4-7H2,(H5-,23,24,26,27,29,33,34,36,37)/p+1. The summed E-state index contributed by atoms with van der Waals surface area (Å²) in [5.41, 5.74) is 11.7. The third kappa shape index (κ3) is 4.91. The van der Waals surface area contributed by atoms with Crippen LogP contribution in [0.2, 0.25) is 0 Å². The number of nitrogens with one attached hydrogen (secondary N) is 1. The summed E-state index contributed by atoms with van der Waals surface area (Å²) in [6, 6.07) is 2.37. The Morgan fingerprint density at radius 2 is 2.17 bits per heavy atom. The second-order valence-corrected chi connectivity index (χ2v) is 10.3. The number of aromatic nitrogens is 5. The molecule has 3 aromatic heterocycles. The summed E-state index contributed by atoms with van der Waals surface area (Å²) in [4.78, 5) is 63.3. The topological polar surface area (TPSA) is 225 Å². The van der Waals surface area contributed by atoms with Gasteiger partial charge in [-0.05, 0) is 17.1 Å². The van der Waals surface area contributed by atoms with Crippen molar-refractivity contribution in [2.24, 2.45) is 10.9 Å². The molecular weight excluding hydrogens is 571 g/mol.